The molecule has 3 aromatic rings. The number of aliphatic hydroxyl groups excluding tert-OH is 1. The van der Waals surface area contributed by atoms with Gasteiger partial charge in [-0.3, -0.25) is 14.5 Å². The summed E-state index contributed by atoms with van der Waals surface area (Å²) in [4.78, 5) is 52.4. The number of aliphatic hydroxyl groups is 1. The van der Waals surface area contributed by atoms with Crippen molar-refractivity contribution >= 4 is 57.7 Å². The van der Waals surface area contributed by atoms with Gasteiger partial charge < -0.3 is 36.6 Å². The third-order valence-corrected chi connectivity index (χ3v) is 8.20. The second kappa shape index (κ2) is 11.5. The fourth-order valence-corrected chi connectivity index (χ4v) is 6.29. The number of nitrogens with two attached hydrogens (primary N) is 2. The highest BCUT2D eigenvalue weighted by Crippen LogP contribution is 2.40. The van der Waals surface area contributed by atoms with Gasteiger partial charge in [0.25, 0.3) is 11.8 Å². The molecule has 0 saturated carbocycles. The van der Waals surface area contributed by atoms with Crippen molar-refractivity contribution in [3.8, 4) is 11.4 Å². The molecule has 6 N–H and O–H groups in total. The van der Waals surface area contributed by atoms with Crippen molar-refractivity contribution in [2.24, 2.45) is 5.16 Å². The van der Waals surface area contributed by atoms with E-state index in [0.717, 1.165) is 16.2 Å². The second-order valence-electron chi connectivity index (χ2n) is 8.80. The number of oxime groups is 1. The molecule has 16 nitrogen and oxygen atoms in total. The summed E-state index contributed by atoms with van der Waals surface area (Å²) in [7, 11) is 1.26. The second-order valence-corrected chi connectivity index (χ2v) is 10.8. The quantitative estimate of drug-likeness (QED) is 0.0806. The summed E-state index contributed by atoms with van der Waals surface area (Å²) in [6.45, 7) is 0.181. The maximum Gasteiger partial charge on any atom is 0.276 e. The zero-order valence-corrected chi connectivity index (χ0v) is 23.1. The molecule has 5 rings (SSSR count). The number of aliphatic carboxylic acids is 1. The largest absolute Gasteiger partial charge is 0.543 e. The first-order chi connectivity index (χ1) is 19.7. The van der Waals surface area contributed by atoms with Crippen molar-refractivity contribution < 1.29 is 34.0 Å². The van der Waals surface area contributed by atoms with Crippen LogP contribution in [0, 0.1) is 0 Å². The minimum absolute atomic E-state index is 0.139. The Labute approximate surface area is 240 Å². The summed E-state index contributed by atoms with van der Waals surface area (Å²) in [6.07, 6.45) is 3.45. The van der Waals surface area contributed by atoms with Crippen molar-refractivity contribution in [2.45, 2.75) is 24.5 Å². The molecule has 2 amide bonds. The lowest BCUT2D eigenvalue weighted by molar-refractivity contribution is -0.688. The molecular weight excluding hydrogens is 576 g/mol. The molecule has 0 spiro atoms. The Bertz CT molecular complexity index is 1580. The van der Waals surface area contributed by atoms with Crippen molar-refractivity contribution in [1.82, 2.24) is 30.0 Å². The molecule has 0 bridgehead atoms. The number of β-lactam (4-membered cyclic amide) rings is 1. The maximum absolute atomic E-state index is 13.1. The summed E-state index contributed by atoms with van der Waals surface area (Å²) in [5.41, 5.74) is 12.4. The van der Waals surface area contributed by atoms with Crippen LogP contribution in [0.4, 0.5) is 11.1 Å². The van der Waals surface area contributed by atoms with Crippen LogP contribution in [0.3, 0.4) is 0 Å². The summed E-state index contributed by atoms with van der Waals surface area (Å²) in [5, 5.41) is 33.1. The van der Waals surface area contributed by atoms with Crippen molar-refractivity contribution in [3.63, 3.8) is 0 Å². The monoisotopic (exact) mass is 600 g/mol. The molecule has 41 heavy (non-hydrogen) atoms. The molecule has 214 valence electrons. The Morgan fingerprint density at radius 1 is 1.37 bits per heavy atom. The van der Waals surface area contributed by atoms with Gasteiger partial charge in [-0.15, -0.1) is 28.2 Å². The summed E-state index contributed by atoms with van der Waals surface area (Å²) in [5.74, 6) is -2.07. The van der Waals surface area contributed by atoms with E-state index in [0.29, 0.717) is 17.0 Å². The normalized spacial score (nSPS) is 18.6. The smallest absolute Gasteiger partial charge is 0.276 e. The topological polar surface area (TPSA) is 231 Å². The van der Waals surface area contributed by atoms with E-state index in [2.05, 4.69) is 25.5 Å². The van der Waals surface area contributed by atoms with E-state index in [9.17, 15) is 19.5 Å². The summed E-state index contributed by atoms with van der Waals surface area (Å²) in [6, 6.07) is 2.51. The van der Waals surface area contributed by atoms with Gasteiger partial charge in [-0.1, -0.05) is 5.16 Å². The number of thiazole rings is 1. The van der Waals surface area contributed by atoms with Crippen LogP contribution in [0.25, 0.3) is 11.4 Å². The lowest BCUT2D eigenvalue weighted by atomic mass is 10.0. The van der Waals surface area contributed by atoms with Crippen molar-refractivity contribution in [1.29, 1.82) is 0 Å². The number of carboxylic acid groups (broad SMARTS) is 1. The number of fused-ring (bicyclic) bond motifs is 1. The Balaban J connectivity index is 1.34. The zero-order valence-electron chi connectivity index (χ0n) is 21.5. The highest BCUT2D eigenvalue weighted by molar-refractivity contribution is 8.00. The van der Waals surface area contributed by atoms with Crippen LogP contribution in [-0.4, -0.2) is 84.1 Å². The molecule has 0 unspecified atom stereocenters. The first-order valence-corrected chi connectivity index (χ1v) is 14.0. The van der Waals surface area contributed by atoms with Crippen LogP contribution in [-0.2, 0) is 32.3 Å². The highest BCUT2D eigenvalue weighted by Gasteiger charge is 2.53. The predicted octanol–water partition coefficient (Wildman–Crippen LogP) is -2.70. The van der Waals surface area contributed by atoms with E-state index in [1.807, 2.05) is 0 Å². The molecule has 3 aromatic heterocycles. The number of thioether (sulfide) groups is 1. The Morgan fingerprint density at radius 3 is 2.85 bits per heavy atom. The van der Waals surface area contributed by atoms with Gasteiger partial charge in [-0.2, -0.15) is 4.98 Å². The number of hydrogen-bond acceptors (Lipinski definition) is 14. The van der Waals surface area contributed by atoms with E-state index in [1.54, 1.807) is 29.1 Å². The molecule has 2 aliphatic heterocycles. The number of nitrogens with one attached hydrogen (secondary N) is 1. The fraction of sp³-hybridized carbons (Fsp3) is 0.304. The van der Waals surface area contributed by atoms with Crippen LogP contribution >= 0.6 is 23.1 Å². The standard InChI is InChI=1S/C23H24N10O6S2/c1-39-30-14(13-10-41-23(25)26-13)18(35)27-15-19(36)33-16(21(37)38)12(9-40-20(15)33)8-31-4-2-3-11(7-31)17-28-22(24)32(29-17)5-6-34/h2-4,7,10,15,20,34H,5-6,8-9H2,1H3,(H5-,24,25,26,27,28,29,35,37,38)/b30-14-/t15-,20-/m1/s1. The number of hydrogen-bond donors (Lipinski definition) is 4. The van der Waals surface area contributed by atoms with Gasteiger partial charge in [0.05, 0.1) is 30.4 Å². The molecule has 0 radical (unpaired) electrons. The average molecular weight is 601 g/mol. The number of anilines is 2. The van der Waals surface area contributed by atoms with Crippen molar-refractivity contribution in [3.05, 3.63) is 46.9 Å². The van der Waals surface area contributed by atoms with Crippen LogP contribution in [0.1, 0.15) is 5.69 Å². The Hall–Kier alpha value is -4.55. The maximum atomic E-state index is 13.1. The van der Waals surface area contributed by atoms with Gasteiger partial charge in [0.15, 0.2) is 35.6 Å². The van der Waals surface area contributed by atoms with Gasteiger partial charge in [-0.05, 0) is 6.07 Å². The number of carbonyl (C=O) groups excluding carboxylic acids is 3. The first kappa shape index (κ1) is 28.0. The van der Waals surface area contributed by atoms with Crippen LogP contribution in [0.2, 0.25) is 0 Å². The van der Waals surface area contributed by atoms with E-state index in [-0.39, 0.29) is 53.6 Å². The van der Waals surface area contributed by atoms with Gasteiger partial charge >= 0.3 is 0 Å². The molecule has 1 saturated heterocycles. The number of nitrogen functional groups attached to an aromatic ring is 2. The number of nitrogens with zero attached hydrogens (tertiary/aromatic N) is 7. The third kappa shape index (κ3) is 5.43. The van der Waals surface area contributed by atoms with Crippen molar-refractivity contribution in [2.75, 3.05) is 30.9 Å². The van der Waals surface area contributed by atoms with Crippen LogP contribution < -0.4 is 26.5 Å². The van der Waals surface area contributed by atoms with Crippen LogP contribution in [0.5, 0.6) is 0 Å². The van der Waals surface area contributed by atoms with E-state index in [4.69, 9.17) is 21.4 Å². The molecule has 0 aromatic carbocycles. The molecule has 18 heteroatoms. The molecule has 5 heterocycles. The third-order valence-electron chi connectivity index (χ3n) is 6.19. The fourth-order valence-electron chi connectivity index (χ4n) is 4.40. The Kier molecular flexibility index (Phi) is 7.86. The summed E-state index contributed by atoms with van der Waals surface area (Å²) >= 11 is 2.42. The average Bonchev–Trinajstić information content (AvgIpc) is 3.55. The Morgan fingerprint density at radius 2 is 2.17 bits per heavy atom. The number of carboxylic acids is 1. The SMILES string of the molecule is CO/N=C(\C(=O)N[C@@H]1C(=O)N2C(C(=O)[O-])=C(C[n+]3cccc(-c4nc(N)n(CCO)n4)c3)CS[C@H]12)c1csc(N)n1. The number of carbonyl (C=O) groups is 3. The minimum Gasteiger partial charge on any atom is -0.543 e. The first-order valence-electron chi connectivity index (χ1n) is 12.0. The molecular formula is C23H24N10O6S2. The summed E-state index contributed by atoms with van der Waals surface area (Å²) < 4.78 is 3.11. The van der Waals surface area contributed by atoms with Gasteiger partial charge in [-0.25, -0.2) is 14.2 Å². The van der Waals surface area contributed by atoms with Crippen LogP contribution in [0.15, 0.2) is 46.3 Å². The molecule has 0 aliphatic carbocycles. The number of pyridine rings is 1. The molecule has 2 atom stereocenters. The predicted molar refractivity (Wildman–Crippen MR) is 144 cm³/mol. The number of amides is 2. The lowest BCUT2D eigenvalue weighted by Crippen LogP contribution is -2.71. The minimum atomic E-state index is -1.50. The molecule has 2 aliphatic rings. The van der Waals surface area contributed by atoms with E-state index in [1.165, 1.54) is 28.9 Å². The zero-order chi connectivity index (χ0) is 29.3. The van der Waals surface area contributed by atoms with Gasteiger partial charge in [0, 0.05) is 22.8 Å². The number of aromatic nitrogens is 5. The highest BCUT2D eigenvalue weighted by atomic mass is 32.2. The van der Waals surface area contributed by atoms with Gasteiger partial charge in [0.1, 0.15) is 24.2 Å². The molecule has 1 fully saturated rings. The number of rotatable bonds is 10. The van der Waals surface area contributed by atoms with E-state index >= 15 is 0 Å². The lowest BCUT2D eigenvalue weighted by Gasteiger charge is -2.50. The van der Waals surface area contributed by atoms with Gasteiger partial charge in [0.2, 0.25) is 5.95 Å². The van der Waals surface area contributed by atoms with E-state index < -0.39 is 29.2 Å².